The van der Waals surface area contributed by atoms with E-state index >= 15 is 0 Å². The van der Waals surface area contributed by atoms with Crippen molar-refractivity contribution in [3.63, 3.8) is 0 Å². The van der Waals surface area contributed by atoms with E-state index in [-0.39, 0.29) is 74.0 Å². The van der Waals surface area contributed by atoms with Crippen LogP contribution in [0.4, 0.5) is 11.4 Å². The fourth-order valence-corrected chi connectivity index (χ4v) is 9.40. The van der Waals surface area contributed by atoms with E-state index in [1.165, 1.54) is 17.0 Å². The molecular formula is C53H54N6O10S. The molecule has 1 saturated heterocycles. The molecule has 362 valence electrons. The quantitative estimate of drug-likeness (QED) is 0.0320. The lowest BCUT2D eigenvalue weighted by molar-refractivity contribution is -0.384. The Bertz CT molecular complexity index is 2860. The van der Waals surface area contributed by atoms with E-state index in [2.05, 4.69) is 15.5 Å². The van der Waals surface area contributed by atoms with Crippen LogP contribution >= 0.6 is 11.3 Å². The summed E-state index contributed by atoms with van der Waals surface area (Å²) in [6.45, 7) is 9.00. The third kappa shape index (κ3) is 11.5. The van der Waals surface area contributed by atoms with Crippen molar-refractivity contribution in [3.05, 3.63) is 165 Å². The van der Waals surface area contributed by atoms with Crippen LogP contribution in [0.1, 0.15) is 72.9 Å². The number of nitrogens with one attached hydrogen (secondary N) is 1. The first-order valence-corrected chi connectivity index (χ1v) is 23.9. The molecule has 0 bridgehead atoms. The highest BCUT2D eigenvalue weighted by atomic mass is 32.1. The van der Waals surface area contributed by atoms with E-state index in [1.54, 1.807) is 52.7 Å². The second-order valence-corrected chi connectivity index (χ2v) is 18.3. The number of aliphatic hydroxyl groups is 1. The van der Waals surface area contributed by atoms with Crippen molar-refractivity contribution in [1.82, 2.24) is 20.4 Å². The van der Waals surface area contributed by atoms with Gasteiger partial charge in [0.25, 0.3) is 17.5 Å². The number of aliphatic hydroxyl groups excluding tert-OH is 1. The minimum atomic E-state index is -0.859. The SMILES string of the molecule is Cc1ncsc1-c1ccc(C(C)NC(=O)[C@@H]2C[C@@H](O)CN2C(=O)C(c2cc(OCCOCCOc3ccc(CN4C(=O)/C(=C\C=C\c5ccc([N+](=O)[O-])cc5)c5ccccc54)cc3)no2)C(C)C)cc1. The second kappa shape index (κ2) is 22.3. The van der Waals surface area contributed by atoms with Gasteiger partial charge in [-0.25, -0.2) is 4.98 Å². The molecule has 2 aliphatic rings. The number of likely N-dealkylation sites (tertiary alicyclic amines) is 1. The van der Waals surface area contributed by atoms with Crippen LogP contribution in [0.3, 0.4) is 0 Å². The lowest BCUT2D eigenvalue weighted by Crippen LogP contribution is -2.48. The molecule has 16 nitrogen and oxygen atoms in total. The highest BCUT2D eigenvalue weighted by Crippen LogP contribution is 2.38. The predicted molar refractivity (Wildman–Crippen MR) is 265 cm³/mol. The molecule has 2 aromatic heterocycles. The van der Waals surface area contributed by atoms with Gasteiger partial charge in [0.15, 0.2) is 5.76 Å². The summed E-state index contributed by atoms with van der Waals surface area (Å²) in [5.74, 6) is -0.663. The van der Waals surface area contributed by atoms with Crippen LogP contribution in [0.5, 0.6) is 11.6 Å². The number of ether oxygens (including phenoxy) is 3. The molecule has 2 N–H and O–H groups in total. The maximum Gasteiger partial charge on any atom is 0.269 e. The summed E-state index contributed by atoms with van der Waals surface area (Å²) >= 11 is 1.58. The summed E-state index contributed by atoms with van der Waals surface area (Å²) in [5, 5.41) is 28.7. The number of allylic oxidation sites excluding steroid dienone is 2. The van der Waals surface area contributed by atoms with Gasteiger partial charge in [-0.05, 0) is 83.6 Å². The lowest BCUT2D eigenvalue weighted by atomic mass is 9.91. The number of nitrogens with zero attached hydrogens (tertiary/aromatic N) is 5. The Morgan fingerprint density at radius 3 is 2.40 bits per heavy atom. The van der Waals surface area contributed by atoms with Crippen molar-refractivity contribution < 1.29 is 43.1 Å². The number of thiazole rings is 1. The third-order valence-corrected chi connectivity index (χ3v) is 13.2. The number of rotatable bonds is 20. The Hall–Kier alpha value is -7.47. The number of carbonyl (C=O) groups is 3. The first-order valence-electron chi connectivity index (χ1n) is 23.1. The topological polar surface area (TPSA) is 200 Å². The molecule has 4 aromatic carbocycles. The Morgan fingerprint density at radius 1 is 0.971 bits per heavy atom. The summed E-state index contributed by atoms with van der Waals surface area (Å²) in [6.07, 6.45) is 4.61. The number of amides is 3. The van der Waals surface area contributed by atoms with E-state index in [4.69, 9.17) is 18.7 Å². The fourth-order valence-electron chi connectivity index (χ4n) is 8.59. The minimum absolute atomic E-state index is 0.0148. The first-order chi connectivity index (χ1) is 33.8. The standard InChI is InChI=1S/C53H54N6O10S/c1-33(2)49(53(63)58-31-41(60)28-46(58)51(61)55-34(3)38-16-18-39(19-17-38)50-35(4)54-32-70-50)47-29-48(56-69-47)68-27-25-66-24-26-67-42-22-14-37(15-23-42)30-57-45-11-6-5-9-43(45)44(52(57)62)10-7-8-36-12-20-40(21-13-36)59(64)65/h5-23,29,32-34,41,46,49,60H,24-28,30-31H2,1-4H3,(H,55,61)/b8-7+,44-10-/t34?,41-,46+,49?/m1/s1. The van der Waals surface area contributed by atoms with Gasteiger partial charge >= 0.3 is 0 Å². The van der Waals surface area contributed by atoms with Gasteiger partial charge in [0.05, 0.1) is 58.6 Å². The molecule has 6 aromatic rings. The van der Waals surface area contributed by atoms with Crippen LogP contribution in [-0.2, 0) is 25.7 Å². The zero-order chi connectivity index (χ0) is 49.3. The number of nitro benzene ring substituents is 1. The summed E-state index contributed by atoms with van der Waals surface area (Å²) in [4.78, 5) is 60.6. The fraction of sp³-hybridized carbons (Fsp3) is 0.302. The smallest absolute Gasteiger partial charge is 0.269 e. The highest BCUT2D eigenvalue weighted by molar-refractivity contribution is 7.13. The molecule has 70 heavy (non-hydrogen) atoms. The largest absolute Gasteiger partial charge is 0.491 e. The van der Waals surface area contributed by atoms with Crippen molar-refractivity contribution in [2.24, 2.45) is 5.92 Å². The van der Waals surface area contributed by atoms with Crippen molar-refractivity contribution >= 4 is 52.1 Å². The van der Waals surface area contributed by atoms with Crippen LogP contribution < -0.4 is 19.7 Å². The molecule has 0 spiro atoms. The molecule has 0 saturated carbocycles. The summed E-state index contributed by atoms with van der Waals surface area (Å²) in [7, 11) is 0. The summed E-state index contributed by atoms with van der Waals surface area (Å²) in [6, 6.07) is 29.7. The Kier molecular flexibility index (Phi) is 15.6. The van der Waals surface area contributed by atoms with E-state index in [0.717, 1.165) is 44.1 Å². The number of carbonyl (C=O) groups excluding carboxylic acids is 3. The van der Waals surface area contributed by atoms with Gasteiger partial charge in [-0.1, -0.05) is 80.6 Å². The van der Waals surface area contributed by atoms with Crippen molar-refractivity contribution in [1.29, 1.82) is 0 Å². The molecule has 4 heterocycles. The first kappa shape index (κ1) is 49.0. The number of β-amino-alcohol motifs (C(OH)–C–C–N with tert-alkyl or cyclic N) is 1. The molecule has 4 atom stereocenters. The van der Waals surface area contributed by atoms with Crippen LogP contribution in [0.15, 0.2) is 125 Å². The van der Waals surface area contributed by atoms with Crippen LogP contribution in [-0.4, -0.2) is 87.9 Å². The monoisotopic (exact) mass is 966 g/mol. The Morgan fingerprint density at radius 2 is 1.70 bits per heavy atom. The maximum atomic E-state index is 14.1. The van der Waals surface area contributed by atoms with Crippen molar-refractivity contribution in [2.45, 2.75) is 64.8 Å². The number of aryl methyl sites for hydroxylation is 1. The van der Waals surface area contributed by atoms with Crippen LogP contribution in [0.25, 0.3) is 22.1 Å². The van der Waals surface area contributed by atoms with Gasteiger partial charge in [0, 0.05) is 42.3 Å². The van der Waals surface area contributed by atoms with Gasteiger partial charge in [0.1, 0.15) is 30.9 Å². The molecule has 0 radical (unpaired) electrons. The number of para-hydroxylation sites is 1. The maximum absolute atomic E-state index is 14.1. The van der Waals surface area contributed by atoms with Crippen LogP contribution in [0, 0.1) is 23.0 Å². The number of hydrogen-bond donors (Lipinski definition) is 2. The van der Waals surface area contributed by atoms with E-state index in [1.807, 2.05) is 106 Å². The Balaban J connectivity index is 0.768. The normalized spacial score (nSPS) is 17.1. The van der Waals surface area contributed by atoms with Crippen molar-refractivity contribution in [3.8, 4) is 22.1 Å². The third-order valence-electron chi connectivity index (χ3n) is 12.2. The van der Waals surface area contributed by atoms with Gasteiger partial charge < -0.3 is 39.0 Å². The van der Waals surface area contributed by atoms with Gasteiger partial charge in [0.2, 0.25) is 11.8 Å². The molecule has 0 aliphatic carbocycles. The molecular weight excluding hydrogens is 913 g/mol. The second-order valence-electron chi connectivity index (χ2n) is 17.5. The molecule has 1 fully saturated rings. The molecule has 17 heteroatoms. The number of anilines is 1. The van der Waals surface area contributed by atoms with Crippen molar-refractivity contribution in [2.75, 3.05) is 37.9 Å². The predicted octanol–water partition coefficient (Wildman–Crippen LogP) is 8.71. The number of benzene rings is 4. The molecule has 2 aliphatic heterocycles. The van der Waals surface area contributed by atoms with E-state index < -0.39 is 23.0 Å². The number of aromatic nitrogens is 2. The Labute approximate surface area is 409 Å². The number of hydrogen-bond acceptors (Lipinski definition) is 13. The molecule has 3 amide bonds. The number of non-ortho nitro benzene ring substituents is 1. The van der Waals surface area contributed by atoms with Gasteiger partial charge in [-0.2, -0.15) is 0 Å². The average Bonchev–Trinajstić information content (AvgIpc) is 4.16. The molecule has 8 rings (SSSR count). The lowest BCUT2D eigenvalue weighted by Gasteiger charge is -2.29. The van der Waals surface area contributed by atoms with Gasteiger partial charge in [-0.15, -0.1) is 11.3 Å². The van der Waals surface area contributed by atoms with E-state index in [0.29, 0.717) is 30.2 Å². The molecule has 2 unspecified atom stereocenters. The van der Waals surface area contributed by atoms with Crippen LogP contribution in [0.2, 0.25) is 0 Å². The summed E-state index contributed by atoms with van der Waals surface area (Å²) < 4.78 is 23.0. The number of fused-ring (bicyclic) bond motifs is 1. The van der Waals surface area contributed by atoms with Gasteiger partial charge in [-0.3, -0.25) is 24.5 Å². The minimum Gasteiger partial charge on any atom is -0.491 e. The summed E-state index contributed by atoms with van der Waals surface area (Å²) in [5.41, 5.74) is 8.65. The zero-order valence-electron chi connectivity index (χ0n) is 39.2. The average molecular weight is 967 g/mol. The van der Waals surface area contributed by atoms with E-state index in [9.17, 15) is 29.6 Å². The zero-order valence-corrected chi connectivity index (χ0v) is 40.0. The number of nitro groups is 1. The highest BCUT2D eigenvalue weighted by Gasteiger charge is 2.43.